The average molecular weight is 251 g/mol. The maximum Gasteiger partial charge on any atom is 0.150 e. The highest BCUT2D eigenvalue weighted by Crippen LogP contribution is 2.24. The van der Waals surface area contributed by atoms with Gasteiger partial charge in [0.05, 0.1) is 17.9 Å². The summed E-state index contributed by atoms with van der Waals surface area (Å²) in [6, 6.07) is 4.95. The predicted molar refractivity (Wildman–Crippen MR) is 64.6 cm³/mol. The minimum absolute atomic E-state index is 0.445. The molecule has 0 aliphatic heterocycles. The van der Waals surface area contributed by atoms with Crippen molar-refractivity contribution in [3.63, 3.8) is 0 Å². The van der Waals surface area contributed by atoms with E-state index in [1.165, 1.54) is 0 Å². The number of carbonyl (C=O) groups excluding carboxylic acids is 1. The number of aldehydes is 1. The fourth-order valence-corrected chi connectivity index (χ4v) is 1.63. The van der Waals surface area contributed by atoms with Gasteiger partial charge >= 0.3 is 0 Å². The monoisotopic (exact) mass is 250 g/mol. The molecular formula is C12H11ClN2O2. The van der Waals surface area contributed by atoms with Crippen LogP contribution in [0, 0.1) is 0 Å². The fourth-order valence-electron chi connectivity index (χ4n) is 1.39. The smallest absolute Gasteiger partial charge is 0.150 e. The summed E-state index contributed by atoms with van der Waals surface area (Å²) in [5.74, 6) is 0.581. The van der Waals surface area contributed by atoms with Crippen molar-refractivity contribution in [1.29, 1.82) is 0 Å². The Balaban J connectivity index is 1.92. The number of nitrogens with zero attached hydrogens (tertiary/aromatic N) is 2. The third-order valence-corrected chi connectivity index (χ3v) is 2.55. The zero-order valence-electron chi connectivity index (χ0n) is 9.04. The first kappa shape index (κ1) is 11.7. The first-order valence-corrected chi connectivity index (χ1v) is 5.50. The van der Waals surface area contributed by atoms with Crippen molar-refractivity contribution in [3.05, 3.63) is 47.5 Å². The minimum atomic E-state index is 0.445. The third-order valence-electron chi connectivity index (χ3n) is 2.26. The lowest BCUT2D eigenvalue weighted by atomic mass is 10.2. The Morgan fingerprint density at radius 3 is 3.00 bits per heavy atom. The second-order valence-corrected chi connectivity index (χ2v) is 3.86. The molecule has 0 saturated carbocycles. The standard InChI is InChI=1S/C12H11ClN2O2/c13-11-7-10(8-16)1-2-12(11)17-6-5-15-4-3-14-9-15/h1-4,7-9H,5-6H2. The summed E-state index contributed by atoms with van der Waals surface area (Å²) in [7, 11) is 0. The molecule has 0 radical (unpaired) electrons. The molecule has 0 bridgehead atoms. The summed E-state index contributed by atoms with van der Waals surface area (Å²) in [5, 5.41) is 0.445. The molecule has 2 rings (SSSR count). The largest absolute Gasteiger partial charge is 0.490 e. The molecule has 5 heteroatoms. The molecule has 0 atom stereocenters. The van der Waals surface area contributed by atoms with E-state index in [0.29, 0.717) is 29.5 Å². The van der Waals surface area contributed by atoms with E-state index in [1.807, 2.05) is 10.8 Å². The molecule has 0 fully saturated rings. The highest BCUT2D eigenvalue weighted by molar-refractivity contribution is 6.32. The Bertz CT molecular complexity index is 497. The number of aromatic nitrogens is 2. The van der Waals surface area contributed by atoms with Crippen LogP contribution in [0.15, 0.2) is 36.9 Å². The number of ether oxygens (including phenoxy) is 1. The van der Waals surface area contributed by atoms with Crippen molar-refractivity contribution in [2.24, 2.45) is 0 Å². The maximum atomic E-state index is 10.5. The van der Waals surface area contributed by atoms with E-state index >= 15 is 0 Å². The molecule has 88 valence electrons. The van der Waals surface area contributed by atoms with Crippen LogP contribution in [0.25, 0.3) is 0 Å². The first-order valence-electron chi connectivity index (χ1n) is 5.13. The van der Waals surface area contributed by atoms with Crippen LogP contribution < -0.4 is 4.74 Å². The van der Waals surface area contributed by atoms with Crippen molar-refractivity contribution >= 4 is 17.9 Å². The molecule has 0 spiro atoms. The summed E-state index contributed by atoms with van der Waals surface area (Å²) in [4.78, 5) is 14.5. The van der Waals surface area contributed by atoms with Gasteiger partial charge in [0.15, 0.2) is 0 Å². The third kappa shape index (κ3) is 3.07. The van der Waals surface area contributed by atoms with Crippen LogP contribution in [0.2, 0.25) is 5.02 Å². The Morgan fingerprint density at radius 1 is 1.47 bits per heavy atom. The number of rotatable bonds is 5. The normalized spacial score (nSPS) is 10.2. The zero-order valence-corrected chi connectivity index (χ0v) is 9.80. The van der Waals surface area contributed by atoms with Crippen LogP contribution in [0.3, 0.4) is 0 Å². The van der Waals surface area contributed by atoms with Crippen LogP contribution in [0.1, 0.15) is 10.4 Å². The molecule has 0 N–H and O–H groups in total. The predicted octanol–water partition coefficient (Wildman–Crippen LogP) is 2.43. The molecule has 1 heterocycles. The molecule has 1 aromatic heterocycles. The topological polar surface area (TPSA) is 44.1 Å². The van der Waals surface area contributed by atoms with Gasteiger partial charge in [-0.05, 0) is 18.2 Å². The van der Waals surface area contributed by atoms with E-state index in [2.05, 4.69) is 4.98 Å². The average Bonchev–Trinajstić information content (AvgIpc) is 2.84. The second kappa shape index (κ2) is 5.50. The van der Waals surface area contributed by atoms with Gasteiger partial charge in [0.2, 0.25) is 0 Å². The molecule has 4 nitrogen and oxygen atoms in total. The summed E-state index contributed by atoms with van der Waals surface area (Å²) >= 11 is 5.97. The van der Waals surface area contributed by atoms with E-state index < -0.39 is 0 Å². The second-order valence-electron chi connectivity index (χ2n) is 3.46. The number of hydrogen-bond donors (Lipinski definition) is 0. The lowest BCUT2D eigenvalue weighted by Gasteiger charge is -2.08. The van der Waals surface area contributed by atoms with E-state index in [4.69, 9.17) is 16.3 Å². The summed E-state index contributed by atoms with van der Waals surface area (Å²) in [6.45, 7) is 1.20. The van der Waals surface area contributed by atoms with Crippen molar-refractivity contribution < 1.29 is 9.53 Å². The molecule has 1 aromatic carbocycles. The highest BCUT2D eigenvalue weighted by atomic mass is 35.5. The van der Waals surface area contributed by atoms with Gasteiger partial charge in [-0.2, -0.15) is 0 Å². The highest BCUT2D eigenvalue weighted by Gasteiger charge is 2.02. The molecule has 0 aliphatic carbocycles. The van der Waals surface area contributed by atoms with Gasteiger partial charge in [0.25, 0.3) is 0 Å². The number of imidazole rings is 1. The number of halogens is 1. The fraction of sp³-hybridized carbons (Fsp3) is 0.167. The van der Waals surface area contributed by atoms with Gasteiger partial charge in [-0.25, -0.2) is 4.98 Å². The van der Waals surface area contributed by atoms with Crippen LogP contribution in [-0.2, 0) is 6.54 Å². The van der Waals surface area contributed by atoms with Gasteiger partial charge < -0.3 is 9.30 Å². The first-order chi connectivity index (χ1) is 8.29. The Kier molecular flexibility index (Phi) is 3.77. The quantitative estimate of drug-likeness (QED) is 0.766. The van der Waals surface area contributed by atoms with Crippen molar-refractivity contribution in [2.75, 3.05) is 6.61 Å². The molecule has 0 aliphatic rings. The molecule has 0 amide bonds. The van der Waals surface area contributed by atoms with Crippen molar-refractivity contribution in [1.82, 2.24) is 9.55 Å². The van der Waals surface area contributed by atoms with Crippen LogP contribution in [0.4, 0.5) is 0 Å². The Labute approximate surface area is 104 Å². The maximum absolute atomic E-state index is 10.5. The van der Waals surface area contributed by atoms with Crippen LogP contribution in [-0.4, -0.2) is 22.4 Å². The summed E-state index contributed by atoms with van der Waals surface area (Å²) in [5.41, 5.74) is 0.539. The van der Waals surface area contributed by atoms with E-state index in [0.717, 1.165) is 6.29 Å². The van der Waals surface area contributed by atoms with Crippen LogP contribution in [0.5, 0.6) is 5.75 Å². The van der Waals surface area contributed by atoms with Gasteiger partial charge in [-0.1, -0.05) is 11.6 Å². The lowest BCUT2D eigenvalue weighted by molar-refractivity contribution is 0.112. The SMILES string of the molecule is O=Cc1ccc(OCCn2ccnc2)c(Cl)c1. The summed E-state index contributed by atoms with van der Waals surface area (Å²) < 4.78 is 7.42. The number of carbonyl (C=O) groups is 1. The van der Waals surface area contributed by atoms with E-state index in [1.54, 1.807) is 30.7 Å². The van der Waals surface area contributed by atoms with Gasteiger partial charge in [-0.15, -0.1) is 0 Å². The van der Waals surface area contributed by atoms with Crippen molar-refractivity contribution in [2.45, 2.75) is 6.54 Å². The Hall–Kier alpha value is -1.81. The van der Waals surface area contributed by atoms with Crippen molar-refractivity contribution in [3.8, 4) is 5.75 Å². The Morgan fingerprint density at radius 2 is 2.35 bits per heavy atom. The minimum Gasteiger partial charge on any atom is -0.490 e. The number of benzene rings is 1. The van der Waals surface area contributed by atoms with Gasteiger partial charge in [0, 0.05) is 18.0 Å². The zero-order chi connectivity index (χ0) is 12.1. The van der Waals surface area contributed by atoms with Gasteiger partial charge in [-0.3, -0.25) is 4.79 Å². The molecule has 0 saturated heterocycles. The molecule has 0 unspecified atom stereocenters. The molecule has 17 heavy (non-hydrogen) atoms. The van der Waals surface area contributed by atoms with E-state index in [9.17, 15) is 4.79 Å². The van der Waals surface area contributed by atoms with E-state index in [-0.39, 0.29) is 0 Å². The molecule has 2 aromatic rings. The number of hydrogen-bond acceptors (Lipinski definition) is 3. The lowest BCUT2D eigenvalue weighted by Crippen LogP contribution is -2.06. The van der Waals surface area contributed by atoms with Gasteiger partial charge in [0.1, 0.15) is 18.6 Å². The van der Waals surface area contributed by atoms with Crippen LogP contribution >= 0.6 is 11.6 Å². The summed E-state index contributed by atoms with van der Waals surface area (Å²) in [6.07, 6.45) is 6.05. The molecular weight excluding hydrogens is 240 g/mol.